The van der Waals surface area contributed by atoms with E-state index >= 15 is 0 Å². The van der Waals surface area contributed by atoms with Crippen LogP contribution in [0.3, 0.4) is 0 Å². The van der Waals surface area contributed by atoms with Gasteiger partial charge in [0.1, 0.15) is 17.8 Å². The topological polar surface area (TPSA) is 123 Å². The van der Waals surface area contributed by atoms with Crippen molar-refractivity contribution in [2.24, 2.45) is 17.7 Å². The number of halogens is 2. The number of hydrogen-bond acceptors (Lipinski definition) is 5. The fraction of sp³-hybridized carbons (Fsp3) is 0.500. The van der Waals surface area contributed by atoms with Crippen LogP contribution in [0, 0.1) is 11.8 Å². The number of carbonyl (C=O) groups is 3. The molecular weight excluding hydrogens is 407 g/mol. The summed E-state index contributed by atoms with van der Waals surface area (Å²) in [6.07, 6.45) is 0. The third-order valence-corrected chi connectivity index (χ3v) is 4.44. The van der Waals surface area contributed by atoms with Gasteiger partial charge in [0.15, 0.2) is 6.61 Å². The fourth-order valence-corrected chi connectivity index (χ4v) is 2.82. The van der Waals surface area contributed by atoms with Crippen molar-refractivity contribution in [2.75, 3.05) is 6.61 Å². The molecule has 5 N–H and O–H groups in total. The molecule has 0 aromatic heterocycles. The van der Waals surface area contributed by atoms with Crippen LogP contribution in [-0.4, -0.2) is 36.4 Å². The highest BCUT2D eigenvalue weighted by Crippen LogP contribution is 2.27. The van der Waals surface area contributed by atoms with Gasteiger partial charge in [0.05, 0.1) is 5.02 Å². The summed E-state index contributed by atoms with van der Waals surface area (Å²) in [6, 6.07) is 2.95. The van der Waals surface area contributed by atoms with Gasteiger partial charge in [0.25, 0.3) is 11.8 Å². The lowest BCUT2D eigenvalue weighted by Gasteiger charge is -2.26. The van der Waals surface area contributed by atoms with Crippen molar-refractivity contribution in [3.05, 3.63) is 28.2 Å². The SMILES string of the molecule is CC(C)C(NC(=O)COc1ccc(Cl)cc1Cl)C(=O)NC(C(=O)NN)C(C)C. The lowest BCUT2D eigenvalue weighted by Crippen LogP contribution is -2.58. The van der Waals surface area contributed by atoms with Crippen LogP contribution in [0.4, 0.5) is 0 Å². The van der Waals surface area contributed by atoms with E-state index in [1.54, 1.807) is 39.8 Å². The van der Waals surface area contributed by atoms with Crippen molar-refractivity contribution in [1.29, 1.82) is 0 Å². The van der Waals surface area contributed by atoms with E-state index in [0.29, 0.717) is 10.8 Å². The molecule has 0 heterocycles. The van der Waals surface area contributed by atoms with Crippen LogP contribution in [0.5, 0.6) is 5.75 Å². The highest BCUT2D eigenvalue weighted by atomic mass is 35.5. The molecule has 2 unspecified atom stereocenters. The molecule has 0 radical (unpaired) electrons. The molecule has 28 heavy (non-hydrogen) atoms. The third kappa shape index (κ3) is 7.18. The first kappa shape index (κ1) is 24.0. The van der Waals surface area contributed by atoms with E-state index in [-0.39, 0.29) is 23.5 Å². The maximum atomic E-state index is 12.6. The molecule has 1 rings (SSSR count). The minimum Gasteiger partial charge on any atom is -0.482 e. The molecule has 0 aliphatic rings. The molecule has 0 aliphatic heterocycles. The minimum atomic E-state index is -0.858. The number of amides is 3. The van der Waals surface area contributed by atoms with Gasteiger partial charge in [0.2, 0.25) is 5.91 Å². The van der Waals surface area contributed by atoms with Crippen LogP contribution >= 0.6 is 23.2 Å². The summed E-state index contributed by atoms with van der Waals surface area (Å²) in [6.45, 7) is 6.75. The number of hydrogen-bond donors (Lipinski definition) is 4. The number of rotatable bonds is 9. The smallest absolute Gasteiger partial charge is 0.258 e. The zero-order valence-corrected chi connectivity index (χ0v) is 17.7. The summed E-state index contributed by atoms with van der Waals surface area (Å²) in [4.78, 5) is 36.7. The summed E-state index contributed by atoms with van der Waals surface area (Å²) < 4.78 is 5.37. The molecule has 0 aliphatic carbocycles. The normalized spacial score (nSPS) is 13.0. The van der Waals surface area contributed by atoms with Gasteiger partial charge in [0, 0.05) is 5.02 Å². The van der Waals surface area contributed by atoms with E-state index in [4.69, 9.17) is 33.8 Å². The summed E-state index contributed by atoms with van der Waals surface area (Å²) in [5, 5.41) is 5.94. The van der Waals surface area contributed by atoms with Gasteiger partial charge in [-0.3, -0.25) is 19.8 Å². The number of nitrogens with one attached hydrogen (secondary N) is 3. The quantitative estimate of drug-likeness (QED) is 0.268. The van der Waals surface area contributed by atoms with Crippen LogP contribution in [0.1, 0.15) is 27.7 Å². The predicted octanol–water partition coefficient (Wildman–Crippen LogP) is 1.64. The Hall–Kier alpha value is -2.03. The minimum absolute atomic E-state index is 0.189. The van der Waals surface area contributed by atoms with Gasteiger partial charge in [-0.25, -0.2) is 5.84 Å². The molecule has 0 saturated heterocycles. The molecule has 8 nitrogen and oxygen atoms in total. The number of carbonyl (C=O) groups excluding carboxylic acids is 3. The maximum absolute atomic E-state index is 12.6. The molecule has 156 valence electrons. The van der Waals surface area contributed by atoms with Crippen LogP contribution < -0.4 is 26.6 Å². The van der Waals surface area contributed by atoms with Gasteiger partial charge >= 0.3 is 0 Å². The average Bonchev–Trinajstić information content (AvgIpc) is 2.62. The number of hydrazine groups is 1. The predicted molar refractivity (Wildman–Crippen MR) is 108 cm³/mol. The highest BCUT2D eigenvalue weighted by molar-refractivity contribution is 6.35. The van der Waals surface area contributed by atoms with Gasteiger partial charge in [-0.05, 0) is 30.0 Å². The Morgan fingerprint density at radius 3 is 2.07 bits per heavy atom. The lowest BCUT2D eigenvalue weighted by atomic mass is 10.00. The van der Waals surface area contributed by atoms with E-state index in [2.05, 4.69) is 10.6 Å². The van der Waals surface area contributed by atoms with E-state index in [9.17, 15) is 14.4 Å². The van der Waals surface area contributed by atoms with Crippen molar-refractivity contribution in [2.45, 2.75) is 39.8 Å². The molecule has 0 fully saturated rings. The summed E-state index contributed by atoms with van der Waals surface area (Å²) >= 11 is 11.8. The monoisotopic (exact) mass is 432 g/mol. The second kappa shape index (κ2) is 11.1. The van der Waals surface area contributed by atoms with Crippen molar-refractivity contribution in [3.8, 4) is 5.75 Å². The molecule has 10 heteroatoms. The third-order valence-electron chi connectivity index (χ3n) is 3.91. The highest BCUT2D eigenvalue weighted by Gasteiger charge is 2.30. The first-order valence-electron chi connectivity index (χ1n) is 8.74. The van der Waals surface area contributed by atoms with Gasteiger partial charge in [-0.2, -0.15) is 0 Å². The second-order valence-electron chi connectivity index (χ2n) is 6.89. The lowest BCUT2D eigenvalue weighted by molar-refractivity contribution is -0.134. The Morgan fingerprint density at radius 2 is 1.57 bits per heavy atom. The Labute approximate surface area is 174 Å². The Morgan fingerprint density at radius 1 is 1.00 bits per heavy atom. The van der Waals surface area contributed by atoms with E-state index < -0.39 is 29.8 Å². The summed E-state index contributed by atoms with van der Waals surface area (Å²) in [5.74, 6) is 3.53. The molecule has 2 atom stereocenters. The van der Waals surface area contributed by atoms with Gasteiger partial charge in [-0.15, -0.1) is 0 Å². The molecule has 1 aromatic rings. The standard InChI is InChI=1S/C18H26Cl2N4O4/c1-9(2)15(17(26)23-16(10(3)4)18(27)24-21)22-14(25)8-28-13-6-5-11(19)7-12(13)20/h5-7,9-10,15-16H,8,21H2,1-4H3,(H,22,25)(H,23,26)(H,24,27). The van der Waals surface area contributed by atoms with Gasteiger partial charge in [-0.1, -0.05) is 50.9 Å². The van der Waals surface area contributed by atoms with Crippen LogP contribution in [0.15, 0.2) is 18.2 Å². The van der Waals surface area contributed by atoms with Crippen molar-refractivity contribution in [1.82, 2.24) is 16.1 Å². The Kier molecular flexibility index (Phi) is 9.51. The zero-order valence-electron chi connectivity index (χ0n) is 16.2. The summed E-state index contributed by atoms with van der Waals surface area (Å²) in [5.41, 5.74) is 2.03. The molecule has 1 aromatic carbocycles. The Balaban J connectivity index is 2.73. The van der Waals surface area contributed by atoms with Crippen LogP contribution in [0.25, 0.3) is 0 Å². The van der Waals surface area contributed by atoms with Crippen molar-refractivity contribution in [3.63, 3.8) is 0 Å². The number of nitrogens with two attached hydrogens (primary N) is 1. The largest absolute Gasteiger partial charge is 0.482 e. The number of benzene rings is 1. The summed E-state index contributed by atoms with van der Waals surface area (Å²) in [7, 11) is 0. The average molecular weight is 433 g/mol. The molecule has 0 saturated carbocycles. The Bertz CT molecular complexity index is 713. The van der Waals surface area contributed by atoms with Crippen molar-refractivity contribution >= 4 is 40.9 Å². The maximum Gasteiger partial charge on any atom is 0.258 e. The second-order valence-corrected chi connectivity index (χ2v) is 7.74. The van der Waals surface area contributed by atoms with Crippen LogP contribution in [-0.2, 0) is 14.4 Å². The van der Waals surface area contributed by atoms with Crippen LogP contribution in [0.2, 0.25) is 10.0 Å². The number of ether oxygens (including phenoxy) is 1. The fourth-order valence-electron chi connectivity index (χ4n) is 2.35. The molecule has 0 bridgehead atoms. The molecule has 0 spiro atoms. The first-order chi connectivity index (χ1) is 13.1. The first-order valence-corrected chi connectivity index (χ1v) is 9.50. The van der Waals surface area contributed by atoms with Gasteiger partial charge < -0.3 is 15.4 Å². The van der Waals surface area contributed by atoms with Crippen molar-refractivity contribution < 1.29 is 19.1 Å². The molecular formula is C18H26Cl2N4O4. The van der Waals surface area contributed by atoms with E-state index in [1.165, 1.54) is 6.07 Å². The van der Waals surface area contributed by atoms with E-state index in [0.717, 1.165) is 0 Å². The zero-order chi connectivity index (χ0) is 21.4. The molecule has 3 amide bonds. The van der Waals surface area contributed by atoms with E-state index in [1.807, 2.05) is 5.43 Å².